The van der Waals surface area contributed by atoms with E-state index in [4.69, 9.17) is 10.2 Å². The van der Waals surface area contributed by atoms with Gasteiger partial charge in [0.1, 0.15) is 0 Å². The Bertz CT molecular complexity index is 642. The predicted octanol–water partition coefficient (Wildman–Crippen LogP) is 2.26. The number of carbonyl (C=O) groups is 1. The van der Waals surface area contributed by atoms with E-state index in [9.17, 15) is 4.79 Å². The molecule has 6 nitrogen and oxygen atoms in total. The number of hydrogen-bond acceptors (Lipinski definition) is 6. The summed E-state index contributed by atoms with van der Waals surface area (Å²) < 4.78 is 6.72. The lowest BCUT2D eigenvalue weighted by molar-refractivity contribution is -0.123. The molecule has 1 fully saturated rings. The summed E-state index contributed by atoms with van der Waals surface area (Å²) in [5.41, 5.74) is 5.39. The van der Waals surface area contributed by atoms with Gasteiger partial charge in [0, 0.05) is 6.54 Å². The molecule has 0 unspecified atom stereocenters. The molecule has 21 heavy (non-hydrogen) atoms. The van der Waals surface area contributed by atoms with Crippen molar-refractivity contribution in [2.75, 3.05) is 13.1 Å². The van der Waals surface area contributed by atoms with E-state index in [-0.39, 0.29) is 11.8 Å². The third-order valence-electron chi connectivity index (χ3n) is 3.52. The smallest absolute Gasteiger partial charge is 0.257 e. The van der Waals surface area contributed by atoms with Crippen LogP contribution in [0.2, 0.25) is 0 Å². The zero-order chi connectivity index (χ0) is 14.8. The minimum Gasteiger partial charge on any atom is -0.419 e. The van der Waals surface area contributed by atoms with Crippen molar-refractivity contribution in [1.82, 2.24) is 15.1 Å². The number of likely N-dealkylation sites (tertiary alicyclic amines) is 1. The molecular formula is C13H15BrN4O2S. The van der Waals surface area contributed by atoms with Crippen LogP contribution >= 0.6 is 27.3 Å². The van der Waals surface area contributed by atoms with Gasteiger partial charge in [-0.2, -0.15) is 0 Å². The zero-order valence-corrected chi connectivity index (χ0v) is 13.7. The molecule has 112 valence electrons. The van der Waals surface area contributed by atoms with Crippen LogP contribution in [0.5, 0.6) is 0 Å². The summed E-state index contributed by atoms with van der Waals surface area (Å²) in [4.78, 5) is 14.4. The number of piperidine rings is 1. The molecule has 3 rings (SSSR count). The molecule has 1 aliphatic rings. The predicted molar refractivity (Wildman–Crippen MR) is 82.5 cm³/mol. The molecule has 2 aromatic rings. The van der Waals surface area contributed by atoms with Crippen LogP contribution in [0, 0.1) is 5.92 Å². The summed E-state index contributed by atoms with van der Waals surface area (Å²) in [5, 5.41) is 8.16. The van der Waals surface area contributed by atoms with E-state index < -0.39 is 0 Å². The molecule has 2 N–H and O–H groups in total. The van der Waals surface area contributed by atoms with Crippen LogP contribution in [0.25, 0.3) is 10.8 Å². The SMILES string of the molecule is NC(=O)[C@H]1CCCN(Cc2nnc(-c3ccc(Br)s3)o2)C1. The average Bonchev–Trinajstić information content (AvgIpc) is 3.08. The van der Waals surface area contributed by atoms with E-state index in [1.807, 2.05) is 12.1 Å². The highest BCUT2D eigenvalue weighted by atomic mass is 79.9. The van der Waals surface area contributed by atoms with Crippen molar-refractivity contribution in [2.45, 2.75) is 19.4 Å². The van der Waals surface area contributed by atoms with Crippen LogP contribution in [0.3, 0.4) is 0 Å². The van der Waals surface area contributed by atoms with E-state index in [0.29, 0.717) is 24.9 Å². The van der Waals surface area contributed by atoms with E-state index in [1.54, 1.807) is 11.3 Å². The number of hydrogen-bond donors (Lipinski definition) is 1. The second kappa shape index (κ2) is 6.25. The van der Waals surface area contributed by atoms with Gasteiger partial charge in [-0.25, -0.2) is 0 Å². The highest BCUT2D eigenvalue weighted by Gasteiger charge is 2.25. The van der Waals surface area contributed by atoms with Crippen molar-refractivity contribution in [1.29, 1.82) is 0 Å². The first-order chi connectivity index (χ1) is 10.1. The van der Waals surface area contributed by atoms with Crippen molar-refractivity contribution in [3.05, 3.63) is 21.8 Å². The lowest BCUT2D eigenvalue weighted by Crippen LogP contribution is -2.40. The van der Waals surface area contributed by atoms with Crippen molar-refractivity contribution in [3.63, 3.8) is 0 Å². The van der Waals surface area contributed by atoms with E-state index in [2.05, 4.69) is 31.0 Å². The lowest BCUT2D eigenvalue weighted by atomic mass is 9.97. The summed E-state index contributed by atoms with van der Waals surface area (Å²) in [7, 11) is 0. The Morgan fingerprint density at radius 1 is 1.52 bits per heavy atom. The van der Waals surface area contributed by atoms with Gasteiger partial charge in [-0.1, -0.05) is 0 Å². The summed E-state index contributed by atoms with van der Waals surface area (Å²) in [5.74, 6) is 0.799. The van der Waals surface area contributed by atoms with Gasteiger partial charge in [0.25, 0.3) is 5.89 Å². The number of primary amides is 1. The maximum atomic E-state index is 11.3. The van der Waals surface area contributed by atoms with E-state index >= 15 is 0 Å². The monoisotopic (exact) mass is 370 g/mol. The highest BCUT2D eigenvalue weighted by molar-refractivity contribution is 9.11. The van der Waals surface area contributed by atoms with Crippen molar-refractivity contribution >= 4 is 33.2 Å². The van der Waals surface area contributed by atoms with Gasteiger partial charge < -0.3 is 10.2 Å². The van der Waals surface area contributed by atoms with E-state index in [1.165, 1.54) is 0 Å². The summed E-state index contributed by atoms with van der Waals surface area (Å²) in [6, 6.07) is 3.89. The number of amides is 1. The molecule has 1 aliphatic heterocycles. The number of halogens is 1. The zero-order valence-electron chi connectivity index (χ0n) is 11.3. The Labute approximate surface area is 134 Å². The van der Waals surface area contributed by atoms with Gasteiger partial charge in [0.05, 0.1) is 21.1 Å². The summed E-state index contributed by atoms with van der Waals surface area (Å²) in [6.07, 6.45) is 1.83. The third-order valence-corrected chi connectivity index (χ3v) is 5.13. The normalized spacial score (nSPS) is 19.8. The van der Waals surface area contributed by atoms with Gasteiger partial charge in [-0.3, -0.25) is 9.69 Å². The molecule has 3 heterocycles. The largest absolute Gasteiger partial charge is 0.419 e. The Morgan fingerprint density at radius 3 is 3.10 bits per heavy atom. The molecule has 0 saturated carbocycles. The molecule has 1 atom stereocenters. The molecular weight excluding hydrogens is 356 g/mol. The minimum absolute atomic E-state index is 0.0746. The second-order valence-corrected chi connectivity index (χ2v) is 7.54. The maximum Gasteiger partial charge on any atom is 0.257 e. The number of rotatable bonds is 4. The standard InChI is InChI=1S/C13H15BrN4O2S/c14-10-4-3-9(21-10)13-17-16-11(20-13)7-18-5-1-2-8(6-18)12(15)19/h3-4,8H,1-2,5-7H2,(H2,15,19)/t8-/m0/s1. The van der Waals surface area contributed by atoms with Gasteiger partial charge in [-0.05, 0) is 47.4 Å². The van der Waals surface area contributed by atoms with Gasteiger partial charge in [0.2, 0.25) is 11.8 Å². The molecule has 0 aromatic carbocycles. The lowest BCUT2D eigenvalue weighted by Gasteiger charge is -2.29. The number of nitrogens with two attached hydrogens (primary N) is 1. The van der Waals surface area contributed by atoms with Crippen LogP contribution in [-0.2, 0) is 11.3 Å². The number of carbonyl (C=O) groups excluding carboxylic acids is 1. The second-order valence-electron chi connectivity index (χ2n) is 5.08. The number of thiophene rings is 1. The first kappa shape index (κ1) is 14.7. The van der Waals surface area contributed by atoms with Gasteiger partial charge in [0.15, 0.2) is 0 Å². The summed E-state index contributed by atoms with van der Waals surface area (Å²) in [6.45, 7) is 2.15. The van der Waals surface area contributed by atoms with Crippen molar-refractivity contribution in [3.8, 4) is 10.8 Å². The highest BCUT2D eigenvalue weighted by Crippen LogP contribution is 2.30. The fourth-order valence-corrected chi connectivity index (χ4v) is 3.78. The van der Waals surface area contributed by atoms with Crippen LogP contribution < -0.4 is 5.73 Å². The van der Waals surface area contributed by atoms with Gasteiger partial charge in [-0.15, -0.1) is 21.5 Å². The number of nitrogens with zero attached hydrogens (tertiary/aromatic N) is 3. The van der Waals surface area contributed by atoms with Crippen molar-refractivity contribution < 1.29 is 9.21 Å². The molecule has 0 spiro atoms. The van der Waals surface area contributed by atoms with Gasteiger partial charge >= 0.3 is 0 Å². The first-order valence-electron chi connectivity index (χ1n) is 6.71. The molecule has 0 bridgehead atoms. The average molecular weight is 371 g/mol. The Morgan fingerprint density at radius 2 is 2.38 bits per heavy atom. The van der Waals surface area contributed by atoms with Crippen LogP contribution in [0.4, 0.5) is 0 Å². The minimum atomic E-state index is -0.227. The van der Waals surface area contributed by atoms with E-state index in [0.717, 1.165) is 28.0 Å². The molecule has 1 amide bonds. The first-order valence-corrected chi connectivity index (χ1v) is 8.32. The Kier molecular flexibility index (Phi) is 4.37. The molecule has 1 saturated heterocycles. The fraction of sp³-hybridized carbons (Fsp3) is 0.462. The Balaban J connectivity index is 1.65. The molecule has 0 aliphatic carbocycles. The van der Waals surface area contributed by atoms with Crippen LogP contribution in [0.1, 0.15) is 18.7 Å². The molecule has 0 radical (unpaired) electrons. The van der Waals surface area contributed by atoms with Crippen LogP contribution in [0.15, 0.2) is 20.3 Å². The van der Waals surface area contributed by atoms with Crippen molar-refractivity contribution in [2.24, 2.45) is 11.7 Å². The van der Waals surface area contributed by atoms with Crippen LogP contribution in [-0.4, -0.2) is 34.1 Å². The Hall–Kier alpha value is -1.25. The molecule has 2 aromatic heterocycles. The molecule has 8 heteroatoms. The number of aromatic nitrogens is 2. The topological polar surface area (TPSA) is 85.3 Å². The quantitative estimate of drug-likeness (QED) is 0.891. The fourth-order valence-electron chi connectivity index (χ4n) is 2.47. The summed E-state index contributed by atoms with van der Waals surface area (Å²) >= 11 is 4.96. The third kappa shape index (κ3) is 3.50. The maximum absolute atomic E-state index is 11.3.